The molecule has 78 valence electrons. The number of methoxy groups -OCH3 is 1. The van der Waals surface area contributed by atoms with Gasteiger partial charge in [-0.05, 0) is 22.8 Å². The first-order valence-corrected chi connectivity index (χ1v) is 4.74. The molecule has 0 atom stereocenters. The van der Waals surface area contributed by atoms with Crippen molar-refractivity contribution in [1.82, 2.24) is 0 Å². The Hall–Kier alpha value is -1.67. The summed E-state index contributed by atoms with van der Waals surface area (Å²) in [5.74, 6) is 0. The number of rotatable bonds is 5. The van der Waals surface area contributed by atoms with Crippen LogP contribution in [0.15, 0.2) is 43.0 Å². The van der Waals surface area contributed by atoms with E-state index in [4.69, 9.17) is 10.1 Å². The fourth-order valence-electron chi connectivity index (χ4n) is 1.44. The number of benzene rings is 1. The van der Waals surface area contributed by atoms with Crippen molar-refractivity contribution < 1.29 is 4.74 Å². The second-order valence-corrected chi connectivity index (χ2v) is 3.08. The zero-order valence-corrected chi connectivity index (χ0v) is 8.86. The van der Waals surface area contributed by atoms with Gasteiger partial charge in [0.1, 0.15) is 0 Å². The summed E-state index contributed by atoms with van der Waals surface area (Å²) in [5.41, 5.74) is 3.11. The van der Waals surface area contributed by atoms with Crippen LogP contribution in [0, 0.1) is 5.41 Å². The van der Waals surface area contributed by atoms with Crippen molar-refractivity contribution in [3.8, 4) is 0 Å². The molecule has 15 heavy (non-hydrogen) atoms. The number of hydrogen-bond acceptors (Lipinski definition) is 2. The lowest BCUT2D eigenvalue weighted by Gasteiger charge is -2.08. The first-order valence-electron chi connectivity index (χ1n) is 4.74. The maximum Gasteiger partial charge on any atom is 0.0719 e. The van der Waals surface area contributed by atoms with Crippen molar-refractivity contribution in [1.29, 1.82) is 5.41 Å². The Morgan fingerprint density at radius 1 is 1.47 bits per heavy atom. The standard InChI is InChI=1S/C13H15NO/c1-3-11(8-9-14)13-7-5-4-6-12(13)10-15-2/h3-9,14H,1,10H2,2H3/b11-8+,14-9?. The van der Waals surface area contributed by atoms with Gasteiger partial charge < -0.3 is 10.1 Å². The summed E-state index contributed by atoms with van der Waals surface area (Å²) in [4.78, 5) is 0. The maximum atomic E-state index is 7.08. The SMILES string of the molecule is C=C/C(=C\C=N)c1ccccc1COC. The van der Waals surface area contributed by atoms with Gasteiger partial charge in [-0.1, -0.05) is 36.9 Å². The molecule has 0 aromatic heterocycles. The summed E-state index contributed by atoms with van der Waals surface area (Å²) in [6, 6.07) is 7.96. The van der Waals surface area contributed by atoms with E-state index in [-0.39, 0.29) is 0 Å². The summed E-state index contributed by atoms with van der Waals surface area (Å²) < 4.78 is 5.12. The second-order valence-electron chi connectivity index (χ2n) is 3.08. The van der Waals surface area contributed by atoms with Crippen LogP contribution in [0.4, 0.5) is 0 Å². The number of allylic oxidation sites excluding steroid dienone is 3. The van der Waals surface area contributed by atoms with Crippen LogP contribution in [0.1, 0.15) is 11.1 Å². The van der Waals surface area contributed by atoms with Gasteiger partial charge in [-0.25, -0.2) is 0 Å². The van der Waals surface area contributed by atoms with E-state index in [1.54, 1.807) is 19.3 Å². The fourth-order valence-corrected chi connectivity index (χ4v) is 1.44. The van der Waals surface area contributed by atoms with Crippen LogP contribution in [-0.4, -0.2) is 13.3 Å². The Bertz CT molecular complexity index is 380. The molecule has 1 aromatic rings. The van der Waals surface area contributed by atoms with Crippen LogP contribution in [0.2, 0.25) is 0 Å². The lowest BCUT2D eigenvalue weighted by atomic mass is 10.00. The number of ether oxygens (including phenoxy) is 1. The van der Waals surface area contributed by atoms with Gasteiger partial charge in [0.25, 0.3) is 0 Å². The molecular weight excluding hydrogens is 186 g/mol. The van der Waals surface area contributed by atoms with Crippen molar-refractivity contribution >= 4 is 11.8 Å². The molecule has 0 amide bonds. The van der Waals surface area contributed by atoms with Crippen molar-refractivity contribution in [3.63, 3.8) is 0 Å². The Kier molecular flexibility index (Phi) is 4.51. The largest absolute Gasteiger partial charge is 0.380 e. The predicted molar refractivity (Wildman–Crippen MR) is 64.1 cm³/mol. The topological polar surface area (TPSA) is 33.1 Å². The molecule has 0 bridgehead atoms. The Morgan fingerprint density at radius 2 is 2.20 bits per heavy atom. The van der Waals surface area contributed by atoms with Crippen LogP contribution in [-0.2, 0) is 11.3 Å². The van der Waals surface area contributed by atoms with Crippen LogP contribution in [0.3, 0.4) is 0 Å². The summed E-state index contributed by atoms with van der Waals surface area (Å²) >= 11 is 0. The highest BCUT2D eigenvalue weighted by atomic mass is 16.5. The summed E-state index contributed by atoms with van der Waals surface area (Å²) in [5, 5.41) is 7.08. The van der Waals surface area contributed by atoms with E-state index in [9.17, 15) is 0 Å². The second kappa shape index (κ2) is 5.94. The predicted octanol–water partition coefficient (Wildman–Crippen LogP) is 3.05. The van der Waals surface area contributed by atoms with Gasteiger partial charge in [0.2, 0.25) is 0 Å². The molecule has 0 saturated heterocycles. The van der Waals surface area contributed by atoms with E-state index in [0.717, 1.165) is 16.7 Å². The molecule has 1 rings (SSSR count). The number of nitrogens with one attached hydrogen (secondary N) is 1. The maximum absolute atomic E-state index is 7.08. The zero-order valence-electron chi connectivity index (χ0n) is 8.86. The average Bonchev–Trinajstić information content (AvgIpc) is 2.27. The fraction of sp³-hybridized carbons (Fsp3) is 0.154. The normalized spacial score (nSPS) is 11.1. The third-order valence-corrected chi connectivity index (χ3v) is 2.11. The van der Waals surface area contributed by atoms with Gasteiger partial charge in [-0.2, -0.15) is 0 Å². The molecule has 2 heteroatoms. The first-order chi connectivity index (χ1) is 7.33. The molecule has 0 radical (unpaired) electrons. The molecule has 1 aromatic carbocycles. The summed E-state index contributed by atoms with van der Waals surface area (Å²) in [6.07, 6.45) is 4.74. The molecule has 0 spiro atoms. The van der Waals surface area contributed by atoms with Crippen LogP contribution >= 0.6 is 0 Å². The van der Waals surface area contributed by atoms with Crippen LogP contribution in [0.25, 0.3) is 5.57 Å². The van der Waals surface area contributed by atoms with Crippen LogP contribution in [0.5, 0.6) is 0 Å². The monoisotopic (exact) mass is 201 g/mol. The highest BCUT2D eigenvalue weighted by Gasteiger charge is 2.03. The number of hydrogen-bond donors (Lipinski definition) is 1. The Labute approximate surface area is 90.4 Å². The first kappa shape index (κ1) is 11.4. The summed E-state index contributed by atoms with van der Waals surface area (Å²) in [7, 11) is 1.67. The average molecular weight is 201 g/mol. The molecule has 0 aliphatic heterocycles. The molecule has 2 nitrogen and oxygen atoms in total. The quantitative estimate of drug-likeness (QED) is 0.576. The minimum Gasteiger partial charge on any atom is -0.380 e. The lowest BCUT2D eigenvalue weighted by Crippen LogP contribution is -1.94. The molecule has 0 aliphatic carbocycles. The summed E-state index contributed by atoms with van der Waals surface area (Å²) in [6.45, 7) is 4.31. The molecule has 0 unspecified atom stereocenters. The van der Waals surface area contributed by atoms with Gasteiger partial charge in [0.15, 0.2) is 0 Å². The molecule has 0 saturated carbocycles. The molecule has 0 heterocycles. The minimum atomic E-state index is 0.569. The van der Waals surface area contributed by atoms with E-state index in [1.807, 2.05) is 24.3 Å². The highest BCUT2D eigenvalue weighted by Crippen LogP contribution is 2.20. The van der Waals surface area contributed by atoms with E-state index in [2.05, 4.69) is 6.58 Å². The van der Waals surface area contributed by atoms with E-state index < -0.39 is 0 Å². The zero-order chi connectivity index (χ0) is 11.1. The Balaban J connectivity index is 3.15. The van der Waals surface area contributed by atoms with Crippen molar-refractivity contribution in [2.24, 2.45) is 0 Å². The van der Waals surface area contributed by atoms with Crippen molar-refractivity contribution in [2.75, 3.05) is 7.11 Å². The molecule has 0 aliphatic rings. The molecule has 0 fully saturated rings. The minimum absolute atomic E-state index is 0.569. The lowest BCUT2D eigenvalue weighted by molar-refractivity contribution is 0.184. The molecular formula is C13H15NO. The van der Waals surface area contributed by atoms with Gasteiger partial charge in [-0.15, -0.1) is 0 Å². The van der Waals surface area contributed by atoms with Gasteiger partial charge >= 0.3 is 0 Å². The highest BCUT2D eigenvalue weighted by molar-refractivity contribution is 5.87. The van der Waals surface area contributed by atoms with Crippen molar-refractivity contribution in [3.05, 3.63) is 54.1 Å². The molecule has 1 N–H and O–H groups in total. The van der Waals surface area contributed by atoms with Crippen LogP contribution < -0.4 is 0 Å². The third-order valence-electron chi connectivity index (χ3n) is 2.11. The van der Waals surface area contributed by atoms with Gasteiger partial charge in [0.05, 0.1) is 6.61 Å². The third kappa shape index (κ3) is 2.89. The van der Waals surface area contributed by atoms with E-state index >= 15 is 0 Å². The Morgan fingerprint density at radius 3 is 2.80 bits per heavy atom. The van der Waals surface area contributed by atoms with E-state index in [1.165, 1.54) is 6.21 Å². The van der Waals surface area contributed by atoms with Gasteiger partial charge in [-0.3, -0.25) is 0 Å². The van der Waals surface area contributed by atoms with Gasteiger partial charge in [0, 0.05) is 13.3 Å². The smallest absolute Gasteiger partial charge is 0.0719 e. The van der Waals surface area contributed by atoms with Crippen molar-refractivity contribution in [2.45, 2.75) is 6.61 Å². The van der Waals surface area contributed by atoms with E-state index in [0.29, 0.717) is 6.61 Å².